The van der Waals surface area contributed by atoms with E-state index >= 15 is 0 Å². The standard InChI is InChI=1S/C15H24/c1-12(2)10-11-15(4,5)14-9-7-6-8-13(14)3/h6-9,12H,10-11H2,1-5H3. The van der Waals surface area contributed by atoms with Gasteiger partial charge in [0.05, 0.1) is 0 Å². The summed E-state index contributed by atoms with van der Waals surface area (Å²) in [7, 11) is 0. The Balaban J connectivity index is 2.81. The van der Waals surface area contributed by atoms with Crippen LogP contribution in [-0.2, 0) is 5.41 Å². The first-order chi connectivity index (χ1) is 6.93. The van der Waals surface area contributed by atoms with Gasteiger partial charge in [-0.1, -0.05) is 58.4 Å². The number of hydrogen-bond acceptors (Lipinski definition) is 0. The van der Waals surface area contributed by atoms with Gasteiger partial charge in [-0.05, 0) is 35.8 Å². The SMILES string of the molecule is Cc1ccccc1C(C)(C)CCC(C)C. The molecule has 84 valence electrons. The highest BCUT2D eigenvalue weighted by atomic mass is 14.3. The summed E-state index contributed by atoms with van der Waals surface area (Å²) >= 11 is 0. The van der Waals surface area contributed by atoms with Gasteiger partial charge in [0.2, 0.25) is 0 Å². The maximum absolute atomic E-state index is 2.36. The Kier molecular flexibility index (Phi) is 3.96. The summed E-state index contributed by atoms with van der Waals surface area (Å²) in [5.74, 6) is 0.799. The average Bonchev–Trinajstić information content (AvgIpc) is 2.15. The number of rotatable bonds is 4. The van der Waals surface area contributed by atoms with Crippen LogP contribution in [0.3, 0.4) is 0 Å². The van der Waals surface area contributed by atoms with E-state index in [1.54, 1.807) is 0 Å². The van der Waals surface area contributed by atoms with Gasteiger partial charge in [0, 0.05) is 0 Å². The predicted octanol–water partition coefficient (Wildman–Crippen LogP) is 4.71. The van der Waals surface area contributed by atoms with Crippen LogP contribution in [0.2, 0.25) is 0 Å². The molecule has 0 fully saturated rings. The maximum Gasteiger partial charge on any atom is -0.0101 e. The summed E-state index contributed by atoms with van der Waals surface area (Å²) in [6, 6.07) is 8.76. The lowest BCUT2D eigenvalue weighted by atomic mass is 9.77. The van der Waals surface area contributed by atoms with Crippen molar-refractivity contribution in [1.82, 2.24) is 0 Å². The molecule has 15 heavy (non-hydrogen) atoms. The first kappa shape index (κ1) is 12.3. The molecular formula is C15H24. The summed E-state index contributed by atoms with van der Waals surface area (Å²) in [6.45, 7) is 11.5. The van der Waals surface area contributed by atoms with Gasteiger partial charge < -0.3 is 0 Å². The van der Waals surface area contributed by atoms with Crippen molar-refractivity contribution >= 4 is 0 Å². The fourth-order valence-corrected chi connectivity index (χ4v) is 2.12. The zero-order valence-corrected chi connectivity index (χ0v) is 10.8. The van der Waals surface area contributed by atoms with Crippen molar-refractivity contribution in [2.24, 2.45) is 5.92 Å². The highest BCUT2D eigenvalue weighted by Crippen LogP contribution is 2.31. The molecule has 0 aliphatic heterocycles. The number of aryl methyl sites for hydroxylation is 1. The zero-order valence-electron chi connectivity index (χ0n) is 10.8. The molecule has 0 unspecified atom stereocenters. The highest BCUT2D eigenvalue weighted by molar-refractivity contribution is 5.32. The van der Waals surface area contributed by atoms with Gasteiger partial charge in [-0.3, -0.25) is 0 Å². The molecule has 1 aromatic carbocycles. The molecule has 0 aliphatic carbocycles. The van der Waals surface area contributed by atoms with Crippen LogP contribution in [0.15, 0.2) is 24.3 Å². The van der Waals surface area contributed by atoms with Gasteiger partial charge >= 0.3 is 0 Å². The minimum absolute atomic E-state index is 0.315. The largest absolute Gasteiger partial charge is 0.0628 e. The van der Waals surface area contributed by atoms with Crippen molar-refractivity contribution in [2.75, 3.05) is 0 Å². The van der Waals surface area contributed by atoms with Crippen molar-refractivity contribution in [1.29, 1.82) is 0 Å². The summed E-state index contributed by atoms with van der Waals surface area (Å²) < 4.78 is 0. The van der Waals surface area contributed by atoms with Crippen LogP contribution in [0.4, 0.5) is 0 Å². The molecule has 0 bridgehead atoms. The fraction of sp³-hybridized carbons (Fsp3) is 0.600. The third kappa shape index (κ3) is 3.37. The van der Waals surface area contributed by atoms with Crippen molar-refractivity contribution in [2.45, 2.75) is 52.9 Å². The lowest BCUT2D eigenvalue weighted by Crippen LogP contribution is -2.19. The van der Waals surface area contributed by atoms with E-state index in [1.807, 2.05) is 0 Å². The van der Waals surface area contributed by atoms with Gasteiger partial charge in [-0.25, -0.2) is 0 Å². The van der Waals surface area contributed by atoms with E-state index in [9.17, 15) is 0 Å². The average molecular weight is 204 g/mol. The third-order valence-electron chi connectivity index (χ3n) is 3.22. The Morgan fingerprint density at radius 1 is 1.13 bits per heavy atom. The van der Waals surface area contributed by atoms with Crippen LogP contribution >= 0.6 is 0 Å². The Labute approximate surface area is 94.7 Å². The van der Waals surface area contributed by atoms with Gasteiger partial charge in [0.1, 0.15) is 0 Å². The van der Waals surface area contributed by atoms with Crippen LogP contribution in [-0.4, -0.2) is 0 Å². The van der Waals surface area contributed by atoms with Crippen LogP contribution in [0.5, 0.6) is 0 Å². The van der Waals surface area contributed by atoms with E-state index in [0.29, 0.717) is 5.41 Å². The zero-order chi connectivity index (χ0) is 11.5. The van der Waals surface area contributed by atoms with Gasteiger partial charge in [-0.2, -0.15) is 0 Å². The van der Waals surface area contributed by atoms with E-state index in [2.05, 4.69) is 58.9 Å². The molecule has 0 saturated carbocycles. The summed E-state index contributed by atoms with van der Waals surface area (Å²) in [4.78, 5) is 0. The Bertz CT molecular complexity index is 308. The van der Waals surface area contributed by atoms with Crippen molar-refractivity contribution in [3.8, 4) is 0 Å². The number of benzene rings is 1. The lowest BCUT2D eigenvalue weighted by molar-refractivity contribution is 0.413. The van der Waals surface area contributed by atoms with Crippen LogP contribution < -0.4 is 0 Å². The molecule has 0 spiro atoms. The van der Waals surface area contributed by atoms with Crippen molar-refractivity contribution < 1.29 is 0 Å². The molecule has 0 N–H and O–H groups in total. The summed E-state index contributed by atoms with van der Waals surface area (Å²) in [5.41, 5.74) is 3.24. The molecule has 0 atom stereocenters. The Hall–Kier alpha value is -0.780. The third-order valence-corrected chi connectivity index (χ3v) is 3.22. The number of hydrogen-bond donors (Lipinski definition) is 0. The smallest absolute Gasteiger partial charge is 0.0101 e. The van der Waals surface area contributed by atoms with Gasteiger partial charge in [-0.15, -0.1) is 0 Å². The molecule has 0 radical (unpaired) electrons. The first-order valence-corrected chi connectivity index (χ1v) is 5.99. The van der Waals surface area contributed by atoms with Crippen molar-refractivity contribution in [3.63, 3.8) is 0 Å². The van der Waals surface area contributed by atoms with Crippen LogP contribution in [0.1, 0.15) is 51.7 Å². The Morgan fingerprint density at radius 3 is 2.27 bits per heavy atom. The molecule has 0 amide bonds. The van der Waals surface area contributed by atoms with Crippen molar-refractivity contribution in [3.05, 3.63) is 35.4 Å². The summed E-state index contributed by atoms with van der Waals surface area (Å²) in [6.07, 6.45) is 2.58. The molecule has 0 saturated heterocycles. The van der Waals surface area contributed by atoms with E-state index in [1.165, 1.54) is 24.0 Å². The molecule has 0 aliphatic rings. The fourth-order valence-electron chi connectivity index (χ4n) is 2.12. The molecular weight excluding hydrogens is 180 g/mol. The van der Waals surface area contributed by atoms with E-state index in [0.717, 1.165) is 5.92 Å². The predicted molar refractivity (Wildman–Crippen MR) is 68.3 cm³/mol. The minimum atomic E-state index is 0.315. The summed E-state index contributed by atoms with van der Waals surface area (Å²) in [5, 5.41) is 0. The maximum atomic E-state index is 2.36. The molecule has 0 heterocycles. The van der Waals surface area contributed by atoms with Gasteiger partial charge in [0.15, 0.2) is 0 Å². The second-order valence-corrected chi connectivity index (χ2v) is 5.63. The minimum Gasteiger partial charge on any atom is -0.0628 e. The van der Waals surface area contributed by atoms with Gasteiger partial charge in [0.25, 0.3) is 0 Å². The normalized spacial score (nSPS) is 12.1. The lowest BCUT2D eigenvalue weighted by Gasteiger charge is -2.28. The van der Waals surface area contributed by atoms with E-state index in [4.69, 9.17) is 0 Å². The Morgan fingerprint density at radius 2 is 1.73 bits per heavy atom. The molecule has 0 aromatic heterocycles. The van der Waals surface area contributed by atoms with Crippen LogP contribution in [0.25, 0.3) is 0 Å². The monoisotopic (exact) mass is 204 g/mol. The second-order valence-electron chi connectivity index (χ2n) is 5.63. The molecule has 0 nitrogen and oxygen atoms in total. The molecule has 1 rings (SSSR count). The molecule has 0 heteroatoms. The first-order valence-electron chi connectivity index (χ1n) is 5.99. The highest BCUT2D eigenvalue weighted by Gasteiger charge is 2.21. The quantitative estimate of drug-likeness (QED) is 0.666. The second kappa shape index (κ2) is 4.83. The molecule has 1 aromatic rings. The van der Waals surface area contributed by atoms with E-state index < -0.39 is 0 Å². The van der Waals surface area contributed by atoms with E-state index in [-0.39, 0.29) is 0 Å². The topological polar surface area (TPSA) is 0 Å². The van der Waals surface area contributed by atoms with Crippen LogP contribution in [0, 0.1) is 12.8 Å².